The van der Waals surface area contributed by atoms with Gasteiger partial charge < -0.3 is 0 Å². The molecule has 7 heteroatoms. The Kier molecular flexibility index (Phi) is 4.66. The molecule has 0 nitrogen and oxygen atoms in total. The smallest absolute Gasteiger partial charge is 0.0258 e. The first-order valence-electron chi connectivity index (χ1n) is 8.25. The van der Waals surface area contributed by atoms with Crippen molar-refractivity contribution in [2.75, 3.05) is 0 Å². The molecule has 1 aliphatic rings. The number of hydrogen-bond donors (Lipinski definition) is 0. The Bertz CT molecular complexity index is 360. The van der Waals surface area contributed by atoms with Crippen molar-refractivity contribution in [1.82, 2.24) is 0 Å². The van der Waals surface area contributed by atoms with E-state index in [0.29, 0.717) is 0 Å². The molecule has 1 fully saturated rings. The molecule has 120 valence electrons. The Hall–Kier alpha value is 1.52. The normalized spacial score (nSPS) is 26.2. The minimum atomic E-state index is -0.979. The third-order valence-corrected chi connectivity index (χ3v) is 199. The van der Waals surface area contributed by atoms with Gasteiger partial charge in [0, 0.05) is 15.2 Å². The van der Waals surface area contributed by atoms with E-state index in [9.17, 15) is 0 Å². The van der Waals surface area contributed by atoms with Gasteiger partial charge in [0.25, 0.3) is 0 Å². The van der Waals surface area contributed by atoms with E-state index in [1.54, 1.807) is 0 Å². The van der Waals surface area contributed by atoms with E-state index in [1.165, 1.54) is 0 Å². The summed E-state index contributed by atoms with van der Waals surface area (Å²) in [6.07, 6.45) is -0.939. The lowest BCUT2D eigenvalue weighted by atomic mass is 11.8. The summed E-state index contributed by atoms with van der Waals surface area (Å²) >= 11 is 0. The summed E-state index contributed by atoms with van der Waals surface area (Å²) < 4.78 is 0. The van der Waals surface area contributed by atoms with Crippen LogP contribution in [0.4, 0.5) is 0 Å². The highest BCUT2D eigenvalue weighted by atomic mass is 30.5. The molecule has 1 rings (SSSR count). The van der Waals surface area contributed by atoms with Crippen LogP contribution in [-0.2, 0) is 0 Å². The monoisotopic (exact) mass is 391 g/mol. The van der Waals surface area contributed by atoms with Gasteiger partial charge in [-0.05, 0) is 6.14 Å². The summed E-state index contributed by atoms with van der Waals surface area (Å²) in [5.74, 6) is 0. The fourth-order valence-corrected chi connectivity index (χ4v) is 392. The van der Waals surface area contributed by atoms with Crippen molar-refractivity contribution in [3.8, 4) is 0 Å². The molecule has 0 bridgehead atoms. The van der Waals surface area contributed by atoms with Gasteiger partial charge in [-0.1, -0.05) is 58.9 Å². The molecule has 0 spiro atoms. The largest absolute Gasteiger partial charge is 0.257 e. The Labute approximate surface area is 135 Å². The molecule has 1 saturated heterocycles. The highest BCUT2D eigenvalue weighted by molar-refractivity contribution is 8.33. The van der Waals surface area contributed by atoms with Crippen LogP contribution in [0.5, 0.6) is 0 Å². The van der Waals surface area contributed by atoms with Gasteiger partial charge in [0.05, 0.1) is 0 Å². The summed E-state index contributed by atoms with van der Waals surface area (Å²) in [4.78, 5) is 0. The van der Waals surface area contributed by atoms with E-state index in [0.717, 1.165) is 0 Å². The lowest BCUT2D eigenvalue weighted by Crippen LogP contribution is -3.11. The van der Waals surface area contributed by atoms with E-state index in [-0.39, 0.29) is 7.35 Å². The molecule has 0 radical (unpaired) electrons. The molecule has 0 aromatic rings. The lowest BCUT2D eigenvalue weighted by Gasteiger charge is -2.90. The fraction of sp³-hybridized carbons (Fsp3) is 1.00. The molecule has 0 aliphatic carbocycles. The van der Waals surface area contributed by atoms with Crippen LogP contribution in [0.1, 0.15) is 0 Å². The Balaban J connectivity index is 3.66. The molecule has 0 aromatic carbocycles. The zero-order valence-electron chi connectivity index (χ0n) is 16.5. The average Bonchev–Trinajstić information content (AvgIpc) is 1.87. The lowest BCUT2D eigenvalue weighted by molar-refractivity contribution is 1.75. The molecule has 1 heterocycles. The van der Waals surface area contributed by atoms with E-state index in [4.69, 9.17) is 0 Å². The highest BCUT2D eigenvalue weighted by Gasteiger charge is 2.74. The van der Waals surface area contributed by atoms with Crippen LogP contribution in [0.3, 0.4) is 0 Å². The van der Waals surface area contributed by atoms with E-state index >= 15 is 0 Å². The van der Waals surface area contributed by atoms with Gasteiger partial charge in [0.15, 0.2) is 0 Å². The summed E-state index contributed by atoms with van der Waals surface area (Å²) in [5.41, 5.74) is 0. The second kappa shape index (κ2) is 4.76. The summed E-state index contributed by atoms with van der Waals surface area (Å²) in [6.45, 7) is 36.6. The summed E-state index contributed by atoms with van der Waals surface area (Å²) in [7, 11) is -4.61. The van der Waals surface area contributed by atoms with E-state index in [1.807, 2.05) is 0 Å². The van der Waals surface area contributed by atoms with Gasteiger partial charge in [0.1, 0.15) is 0 Å². The van der Waals surface area contributed by atoms with Gasteiger partial charge >= 0.3 is 0 Å². The zero-order valence-corrected chi connectivity index (χ0v) is 23.5. The van der Waals surface area contributed by atoms with Crippen LogP contribution in [0.15, 0.2) is 0 Å². The van der Waals surface area contributed by atoms with Crippen LogP contribution < -0.4 is 0 Å². The molecular formula is C13H39Si7-. The number of rotatable bonds is 3. The molecule has 0 N–H and O–H groups in total. The van der Waals surface area contributed by atoms with Gasteiger partial charge in [0.2, 0.25) is 0 Å². The fourth-order valence-electron chi connectivity index (χ4n) is 8.62. The van der Waals surface area contributed by atoms with E-state index in [2.05, 4.69) is 85.1 Å². The maximum Gasteiger partial charge on any atom is 0.0258 e. The van der Waals surface area contributed by atoms with Gasteiger partial charge in [-0.3, -0.25) is 7.35 Å². The van der Waals surface area contributed by atoms with Crippen LogP contribution >= 0.6 is 0 Å². The van der Waals surface area contributed by atoms with Crippen LogP contribution in [0.25, 0.3) is 0 Å². The first-order chi connectivity index (χ1) is 8.37. The zero-order chi connectivity index (χ0) is 16.6. The van der Waals surface area contributed by atoms with E-state index < -0.39 is 43.1 Å². The minimum absolute atomic E-state index is 0.0610. The Morgan fingerprint density at radius 1 is 0.550 bits per heavy atom. The second-order valence-corrected chi connectivity index (χ2v) is 91.9. The Morgan fingerprint density at radius 2 is 0.800 bits per heavy atom. The van der Waals surface area contributed by atoms with Crippen molar-refractivity contribution in [3.05, 3.63) is 0 Å². The van der Waals surface area contributed by atoms with Crippen molar-refractivity contribution >= 4 is 50.5 Å². The molecule has 20 heavy (non-hydrogen) atoms. The maximum atomic E-state index is 2.92. The highest BCUT2D eigenvalue weighted by Crippen LogP contribution is 2.55. The SMILES string of the molecule is C[Si](C)(C)[Si-]1[Si](C)(C)[Si]([Si](C)(C)C)([Si](C)(C)C)[Si]1(C)C. The quantitative estimate of drug-likeness (QED) is 0.598. The molecule has 0 amide bonds. The molecule has 1 aliphatic heterocycles. The van der Waals surface area contributed by atoms with Crippen molar-refractivity contribution in [3.63, 3.8) is 0 Å². The summed E-state index contributed by atoms with van der Waals surface area (Å²) in [6, 6.07) is 0. The van der Waals surface area contributed by atoms with Crippen LogP contribution in [-0.4, -0.2) is 50.5 Å². The molecule has 0 atom stereocenters. The predicted molar refractivity (Wildman–Crippen MR) is 117 cm³/mol. The van der Waals surface area contributed by atoms with Crippen molar-refractivity contribution in [2.24, 2.45) is 0 Å². The van der Waals surface area contributed by atoms with Crippen LogP contribution in [0.2, 0.25) is 85.1 Å². The number of hydrogen-bond acceptors (Lipinski definition) is 0. The molecular weight excluding hydrogens is 353 g/mol. The Morgan fingerprint density at radius 3 is 0.950 bits per heavy atom. The third kappa shape index (κ3) is 2.17. The average molecular weight is 392 g/mol. The maximum absolute atomic E-state index is 2.92. The third-order valence-electron chi connectivity index (χ3n) is 6.12. The van der Waals surface area contributed by atoms with Gasteiger partial charge in [-0.2, -0.15) is 0 Å². The second-order valence-electron chi connectivity index (χ2n) is 11.1. The van der Waals surface area contributed by atoms with Crippen molar-refractivity contribution in [2.45, 2.75) is 85.1 Å². The van der Waals surface area contributed by atoms with Crippen molar-refractivity contribution < 1.29 is 0 Å². The molecule has 0 unspecified atom stereocenters. The standard InChI is InChI=1S/C13H39Si7/c1-15(2,3)14-18(10,11)20(16(4,5)6,17(7,8)9)19(14,12)13/h1-13H3/q-1. The predicted octanol–water partition coefficient (Wildman–Crippen LogP) is 4.92. The van der Waals surface area contributed by atoms with Crippen molar-refractivity contribution in [1.29, 1.82) is 0 Å². The molecule has 0 saturated carbocycles. The van der Waals surface area contributed by atoms with Crippen LogP contribution in [0, 0.1) is 0 Å². The summed E-state index contributed by atoms with van der Waals surface area (Å²) in [5, 5.41) is 0. The topological polar surface area (TPSA) is 0 Å². The molecule has 0 aromatic heterocycles. The van der Waals surface area contributed by atoms with Gasteiger partial charge in [-0.15, -0.1) is 48.0 Å². The first kappa shape index (κ1) is 19.6. The minimum Gasteiger partial charge on any atom is -0.257 e. The van der Waals surface area contributed by atoms with Gasteiger partial charge in [-0.25, -0.2) is 0 Å². The first-order valence-corrected chi connectivity index (χ1v) is 35.2.